The van der Waals surface area contributed by atoms with Crippen molar-refractivity contribution in [3.05, 3.63) is 47.5 Å². The summed E-state index contributed by atoms with van der Waals surface area (Å²) in [5, 5.41) is 10.0. The molecule has 0 bridgehead atoms. The zero-order chi connectivity index (χ0) is 24.7. The number of carbonyl (C=O) groups is 1. The summed E-state index contributed by atoms with van der Waals surface area (Å²) < 4.78 is 16.5. The summed E-state index contributed by atoms with van der Waals surface area (Å²) in [4.78, 5) is 15.2. The molecule has 0 spiro atoms. The van der Waals surface area contributed by atoms with E-state index < -0.39 is 0 Å². The number of carbonyl (C=O) groups excluding carboxylic acids is 1. The molecule has 9 heteroatoms. The molecule has 0 radical (unpaired) electrons. The fourth-order valence-electron chi connectivity index (χ4n) is 3.99. The van der Waals surface area contributed by atoms with Crippen LogP contribution in [0, 0.1) is 0 Å². The summed E-state index contributed by atoms with van der Waals surface area (Å²) in [7, 11) is 3.23. The minimum atomic E-state index is -0.252. The number of anilines is 1. The van der Waals surface area contributed by atoms with Crippen molar-refractivity contribution in [3.8, 4) is 17.2 Å². The Morgan fingerprint density at radius 2 is 1.82 bits per heavy atom. The molecule has 0 saturated carbocycles. The zero-order valence-electron chi connectivity index (χ0n) is 20.4. The highest BCUT2D eigenvalue weighted by atomic mass is 32.1. The maximum absolute atomic E-state index is 13.3. The number of ether oxygens (including phenoxy) is 3. The average molecular weight is 487 g/mol. The van der Waals surface area contributed by atoms with Gasteiger partial charge in [-0.3, -0.25) is 0 Å². The molecule has 34 heavy (non-hydrogen) atoms. The van der Waals surface area contributed by atoms with Gasteiger partial charge in [0.25, 0.3) is 0 Å². The van der Waals surface area contributed by atoms with Gasteiger partial charge in [0.2, 0.25) is 0 Å². The van der Waals surface area contributed by atoms with Crippen molar-refractivity contribution < 1.29 is 19.0 Å². The van der Waals surface area contributed by atoms with E-state index in [-0.39, 0.29) is 18.1 Å². The standard InChI is InChI=1S/C25H34N4O4S/c1-6-33-19-9-7-18(8-10-19)28-25(30)29-12-11-17-13-22(31-4)23(32-5)14-20(17)21(29)15-26-24(34)27-16(2)3/h7-10,13-14,16,21H,6,11-12,15H2,1-5H3,(H,28,30)(H2,26,27,34). The third-order valence-electron chi connectivity index (χ3n) is 5.56. The van der Waals surface area contributed by atoms with Crippen LogP contribution in [-0.2, 0) is 6.42 Å². The molecule has 0 aliphatic carbocycles. The molecule has 1 aliphatic heterocycles. The smallest absolute Gasteiger partial charge is 0.322 e. The minimum Gasteiger partial charge on any atom is -0.494 e. The summed E-state index contributed by atoms with van der Waals surface area (Å²) in [6.07, 6.45) is 0.706. The highest BCUT2D eigenvalue weighted by molar-refractivity contribution is 7.80. The Morgan fingerprint density at radius 3 is 2.44 bits per heavy atom. The molecule has 184 valence electrons. The van der Waals surface area contributed by atoms with Gasteiger partial charge in [-0.15, -0.1) is 0 Å². The predicted molar refractivity (Wildman–Crippen MR) is 138 cm³/mol. The number of nitrogens with one attached hydrogen (secondary N) is 3. The largest absolute Gasteiger partial charge is 0.494 e. The number of amides is 2. The van der Waals surface area contributed by atoms with E-state index in [0.29, 0.717) is 48.4 Å². The normalized spacial score (nSPS) is 14.8. The number of hydrogen-bond donors (Lipinski definition) is 3. The van der Waals surface area contributed by atoms with E-state index in [0.717, 1.165) is 16.9 Å². The fourth-order valence-corrected chi connectivity index (χ4v) is 4.31. The highest BCUT2D eigenvalue weighted by Crippen LogP contribution is 2.38. The van der Waals surface area contributed by atoms with E-state index in [1.165, 1.54) is 0 Å². The Balaban J connectivity index is 1.85. The number of rotatable bonds is 8. The lowest BCUT2D eigenvalue weighted by Gasteiger charge is -2.38. The third-order valence-corrected chi connectivity index (χ3v) is 5.82. The van der Waals surface area contributed by atoms with Crippen LogP contribution >= 0.6 is 12.2 Å². The molecule has 0 fully saturated rings. The number of benzene rings is 2. The van der Waals surface area contributed by atoms with Crippen molar-refractivity contribution >= 4 is 29.0 Å². The van der Waals surface area contributed by atoms with Crippen LogP contribution in [0.3, 0.4) is 0 Å². The van der Waals surface area contributed by atoms with E-state index in [2.05, 4.69) is 16.0 Å². The van der Waals surface area contributed by atoms with Gasteiger partial charge in [-0.1, -0.05) is 0 Å². The first-order valence-electron chi connectivity index (χ1n) is 11.5. The Hall–Kier alpha value is -3.20. The topological polar surface area (TPSA) is 84.1 Å². The van der Waals surface area contributed by atoms with Crippen LogP contribution < -0.4 is 30.2 Å². The molecule has 2 aromatic carbocycles. The molecule has 2 amide bonds. The summed E-state index contributed by atoms with van der Waals surface area (Å²) >= 11 is 5.43. The van der Waals surface area contributed by atoms with Gasteiger partial charge < -0.3 is 35.1 Å². The number of nitrogens with zero attached hydrogens (tertiary/aromatic N) is 1. The maximum atomic E-state index is 13.3. The van der Waals surface area contributed by atoms with Gasteiger partial charge in [0, 0.05) is 24.8 Å². The van der Waals surface area contributed by atoms with Crippen LogP contribution in [0.5, 0.6) is 17.2 Å². The first-order chi connectivity index (χ1) is 16.4. The Kier molecular flexibility index (Phi) is 8.81. The molecule has 0 saturated heterocycles. The molecule has 0 aromatic heterocycles. The summed E-state index contributed by atoms with van der Waals surface area (Å²) in [6, 6.07) is 11.1. The van der Waals surface area contributed by atoms with Crippen LogP contribution in [0.2, 0.25) is 0 Å². The van der Waals surface area contributed by atoms with Crippen LogP contribution in [0.1, 0.15) is 37.9 Å². The van der Waals surface area contributed by atoms with Crippen LogP contribution in [0.4, 0.5) is 10.5 Å². The van der Waals surface area contributed by atoms with Gasteiger partial charge in [0.15, 0.2) is 16.6 Å². The SMILES string of the molecule is CCOc1ccc(NC(=O)N2CCc3cc(OC)c(OC)cc3C2CNC(=S)NC(C)C)cc1. The van der Waals surface area contributed by atoms with Gasteiger partial charge in [-0.25, -0.2) is 4.79 Å². The number of thiocarbonyl (C=S) groups is 1. The van der Waals surface area contributed by atoms with Gasteiger partial charge in [-0.05, 0) is 86.9 Å². The highest BCUT2D eigenvalue weighted by Gasteiger charge is 2.32. The Labute approximate surface area is 206 Å². The molecule has 3 N–H and O–H groups in total. The molecule has 1 atom stereocenters. The van der Waals surface area contributed by atoms with Crippen LogP contribution in [-0.4, -0.2) is 56.0 Å². The van der Waals surface area contributed by atoms with Gasteiger partial charge in [0.05, 0.1) is 26.9 Å². The second-order valence-electron chi connectivity index (χ2n) is 8.26. The van der Waals surface area contributed by atoms with E-state index >= 15 is 0 Å². The second-order valence-corrected chi connectivity index (χ2v) is 8.67. The molecule has 1 aliphatic rings. The lowest BCUT2D eigenvalue weighted by Crippen LogP contribution is -2.48. The Morgan fingerprint density at radius 1 is 1.15 bits per heavy atom. The molecule has 8 nitrogen and oxygen atoms in total. The van der Waals surface area contributed by atoms with Gasteiger partial charge >= 0.3 is 6.03 Å². The van der Waals surface area contributed by atoms with E-state index in [4.69, 9.17) is 26.4 Å². The lowest BCUT2D eigenvalue weighted by molar-refractivity contribution is 0.182. The van der Waals surface area contributed by atoms with Gasteiger partial charge in [0.1, 0.15) is 5.75 Å². The quantitative estimate of drug-likeness (QED) is 0.485. The maximum Gasteiger partial charge on any atom is 0.322 e. The molecule has 3 rings (SSSR count). The van der Waals surface area contributed by atoms with E-state index in [9.17, 15) is 4.79 Å². The molecule has 1 heterocycles. The summed E-state index contributed by atoms with van der Waals surface area (Å²) in [6.45, 7) is 7.59. The monoisotopic (exact) mass is 486 g/mol. The molecule has 1 unspecified atom stereocenters. The predicted octanol–water partition coefficient (Wildman–Crippen LogP) is 4.11. The number of urea groups is 1. The number of fused-ring (bicyclic) bond motifs is 1. The van der Waals surface area contributed by atoms with Crippen LogP contribution in [0.15, 0.2) is 36.4 Å². The fraction of sp³-hybridized carbons (Fsp3) is 0.440. The van der Waals surface area contributed by atoms with Crippen molar-refractivity contribution in [1.82, 2.24) is 15.5 Å². The lowest BCUT2D eigenvalue weighted by atomic mass is 9.92. The molecular weight excluding hydrogens is 452 g/mol. The second kappa shape index (κ2) is 11.8. The van der Waals surface area contributed by atoms with Crippen molar-refractivity contribution in [2.24, 2.45) is 0 Å². The van der Waals surface area contributed by atoms with Crippen molar-refractivity contribution in [3.63, 3.8) is 0 Å². The van der Waals surface area contributed by atoms with Crippen molar-refractivity contribution in [1.29, 1.82) is 0 Å². The first-order valence-corrected chi connectivity index (χ1v) is 11.9. The number of methoxy groups -OCH3 is 2. The van der Waals surface area contributed by atoms with Crippen LogP contribution in [0.25, 0.3) is 0 Å². The number of hydrogen-bond acceptors (Lipinski definition) is 5. The zero-order valence-corrected chi connectivity index (χ0v) is 21.3. The molecular formula is C25H34N4O4S. The van der Waals surface area contributed by atoms with Gasteiger partial charge in [-0.2, -0.15) is 0 Å². The minimum absolute atomic E-state index is 0.181. The summed E-state index contributed by atoms with van der Waals surface area (Å²) in [5.41, 5.74) is 2.83. The molecule has 2 aromatic rings. The van der Waals surface area contributed by atoms with Crippen molar-refractivity contribution in [2.75, 3.05) is 39.2 Å². The van der Waals surface area contributed by atoms with E-state index in [1.54, 1.807) is 14.2 Å². The Bertz CT molecular complexity index is 997. The average Bonchev–Trinajstić information content (AvgIpc) is 2.82. The van der Waals surface area contributed by atoms with E-state index in [1.807, 2.05) is 62.1 Å². The third kappa shape index (κ3) is 6.22. The summed E-state index contributed by atoms with van der Waals surface area (Å²) in [5.74, 6) is 2.07. The van der Waals surface area contributed by atoms with Crippen molar-refractivity contribution in [2.45, 2.75) is 39.3 Å². The first kappa shape index (κ1) is 25.4.